The summed E-state index contributed by atoms with van der Waals surface area (Å²) in [6, 6.07) is 10.7. The second kappa shape index (κ2) is 7.22. The molecule has 0 aliphatic rings. The molecule has 1 aromatic carbocycles. The molecule has 4 nitrogen and oxygen atoms in total. The van der Waals surface area contributed by atoms with Crippen LogP contribution in [0.25, 0.3) is 0 Å². The van der Waals surface area contributed by atoms with Gasteiger partial charge in [-0.15, -0.1) is 0 Å². The Labute approximate surface area is 132 Å². The Morgan fingerprint density at radius 3 is 2.71 bits per heavy atom. The normalized spacial score (nSPS) is 11.9. The van der Waals surface area contributed by atoms with Gasteiger partial charge in [0.05, 0.1) is 0 Å². The van der Waals surface area contributed by atoms with Crippen molar-refractivity contribution in [1.82, 2.24) is 10.3 Å². The number of hydrogen-bond donors (Lipinski definition) is 2. The molecule has 2 aromatic rings. The van der Waals surface area contributed by atoms with Crippen LogP contribution in [0.4, 0.5) is 0 Å². The highest BCUT2D eigenvalue weighted by molar-refractivity contribution is 9.10. The van der Waals surface area contributed by atoms with Gasteiger partial charge in [0, 0.05) is 16.7 Å². The number of amides is 1. The number of phenolic OH excluding ortho intramolecular Hbond substituents is 1. The average Bonchev–Trinajstić information content (AvgIpc) is 2.47. The third-order valence-electron chi connectivity index (χ3n) is 3.15. The van der Waals surface area contributed by atoms with Crippen molar-refractivity contribution in [3.05, 3.63) is 58.3 Å². The molecule has 1 heterocycles. The first-order valence-electron chi connectivity index (χ1n) is 6.75. The lowest BCUT2D eigenvalue weighted by molar-refractivity contribution is 0.0932. The Kier molecular flexibility index (Phi) is 5.33. The number of pyridine rings is 1. The van der Waals surface area contributed by atoms with E-state index in [0.29, 0.717) is 10.2 Å². The lowest BCUT2D eigenvalue weighted by atomic mass is 10.1. The van der Waals surface area contributed by atoms with Crippen LogP contribution in [-0.2, 0) is 6.42 Å². The number of benzene rings is 1. The fourth-order valence-electron chi connectivity index (χ4n) is 1.96. The molecular formula is C16H17BrN2O2. The first kappa shape index (κ1) is 15.5. The maximum atomic E-state index is 12.1. The van der Waals surface area contributed by atoms with E-state index in [4.69, 9.17) is 0 Å². The fourth-order valence-corrected chi connectivity index (χ4v) is 2.40. The molecule has 0 saturated carbocycles. The van der Waals surface area contributed by atoms with Crippen LogP contribution in [0.2, 0.25) is 0 Å². The summed E-state index contributed by atoms with van der Waals surface area (Å²) in [7, 11) is 0. The zero-order valence-corrected chi connectivity index (χ0v) is 13.3. The van der Waals surface area contributed by atoms with Crippen molar-refractivity contribution < 1.29 is 9.90 Å². The molecule has 1 atom stereocenters. The van der Waals surface area contributed by atoms with Gasteiger partial charge in [0.1, 0.15) is 11.4 Å². The summed E-state index contributed by atoms with van der Waals surface area (Å²) in [5.41, 5.74) is 1.53. The van der Waals surface area contributed by atoms with Crippen molar-refractivity contribution in [2.75, 3.05) is 0 Å². The van der Waals surface area contributed by atoms with Gasteiger partial charge in [0.15, 0.2) is 0 Å². The molecule has 2 rings (SSSR count). The zero-order valence-electron chi connectivity index (χ0n) is 11.7. The molecule has 0 spiro atoms. The number of phenols is 1. The second-order valence-corrected chi connectivity index (χ2v) is 5.77. The topological polar surface area (TPSA) is 62.2 Å². The monoisotopic (exact) mass is 348 g/mol. The number of nitrogens with zero attached hydrogens (tertiary/aromatic N) is 1. The van der Waals surface area contributed by atoms with E-state index >= 15 is 0 Å². The number of carbonyl (C=O) groups excluding carboxylic acids is 1. The van der Waals surface area contributed by atoms with Crippen LogP contribution < -0.4 is 5.32 Å². The molecule has 1 amide bonds. The number of halogens is 1. The van der Waals surface area contributed by atoms with E-state index < -0.39 is 0 Å². The van der Waals surface area contributed by atoms with Crippen LogP contribution in [0.1, 0.15) is 29.4 Å². The number of nitrogens with one attached hydrogen (secondary N) is 1. The van der Waals surface area contributed by atoms with E-state index in [0.717, 1.165) is 18.4 Å². The summed E-state index contributed by atoms with van der Waals surface area (Å²) in [6.07, 6.45) is 3.26. The summed E-state index contributed by atoms with van der Waals surface area (Å²) in [6.45, 7) is 1.97. The molecule has 0 radical (unpaired) electrons. The highest BCUT2D eigenvalue weighted by Crippen LogP contribution is 2.14. The maximum Gasteiger partial charge on any atom is 0.271 e. The van der Waals surface area contributed by atoms with Gasteiger partial charge in [-0.05, 0) is 65.5 Å². The molecule has 1 unspecified atom stereocenters. The van der Waals surface area contributed by atoms with Crippen LogP contribution >= 0.6 is 15.9 Å². The number of rotatable bonds is 5. The first-order valence-corrected chi connectivity index (χ1v) is 7.55. The van der Waals surface area contributed by atoms with Crippen LogP contribution in [-0.4, -0.2) is 22.0 Å². The van der Waals surface area contributed by atoms with Gasteiger partial charge >= 0.3 is 0 Å². The lowest BCUT2D eigenvalue weighted by Crippen LogP contribution is -2.33. The number of carbonyl (C=O) groups is 1. The van der Waals surface area contributed by atoms with Gasteiger partial charge < -0.3 is 10.4 Å². The van der Waals surface area contributed by atoms with E-state index in [1.54, 1.807) is 30.5 Å². The van der Waals surface area contributed by atoms with Gasteiger partial charge in [-0.25, -0.2) is 4.98 Å². The van der Waals surface area contributed by atoms with Crippen molar-refractivity contribution in [2.45, 2.75) is 25.8 Å². The largest absolute Gasteiger partial charge is 0.508 e. The Morgan fingerprint density at radius 1 is 1.33 bits per heavy atom. The standard InChI is InChI=1S/C16H17BrN2O2/c1-11(4-5-12-6-8-13(20)9-7-12)19-16(21)15-14(17)3-2-10-18-15/h2-3,6-11,20H,4-5H2,1H3,(H,19,21). The van der Waals surface area contributed by atoms with E-state index in [-0.39, 0.29) is 17.7 Å². The molecular weight excluding hydrogens is 332 g/mol. The van der Waals surface area contributed by atoms with E-state index in [9.17, 15) is 9.90 Å². The van der Waals surface area contributed by atoms with Crippen molar-refractivity contribution >= 4 is 21.8 Å². The van der Waals surface area contributed by atoms with Gasteiger partial charge in [0.25, 0.3) is 5.91 Å². The number of hydrogen-bond acceptors (Lipinski definition) is 3. The van der Waals surface area contributed by atoms with Gasteiger partial charge in [-0.2, -0.15) is 0 Å². The lowest BCUT2D eigenvalue weighted by Gasteiger charge is -2.14. The van der Waals surface area contributed by atoms with Crippen LogP contribution in [0.15, 0.2) is 47.1 Å². The van der Waals surface area contributed by atoms with Crippen molar-refractivity contribution in [3.8, 4) is 5.75 Å². The number of aromatic hydroxyl groups is 1. The van der Waals surface area contributed by atoms with Gasteiger partial charge in [-0.3, -0.25) is 4.79 Å². The highest BCUT2D eigenvalue weighted by atomic mass is 79.9. The van der Waals surface area contributed by atoms with Crippen LogP contribution in [0.3, 0.4) is 0 Å². The predicted octanol–water partition coefficient (Wildman–Crippen LogP) is 3.30. The molecule has 0 aliphatic heterocycles. The van der Waals surface area contributed by atoms with Crippen LogP contribution in [0.5, 0.6) is 5.75 Å². The van der Waals surface area contributed by atoms with Gasteiger partial charge in [0.2, 0.25) is 0 Å². The van der Waals surface area contributed by atoms with Crippen LogP contribution in [0, 0.1) is 0 Å². The van der Waals surface area contributed by atoms with Crippen molar-refractivity contribution in [2.24, 2.45) is 0 Å². The molecule has 0 fully saturated rings. The Balaban J connectivity index is 1.87. The smallest absolute Gasteiger partial charge is 0.271 e. The molecule has 110 valence electrons. The molecule has 0 aliphatic carbocycles. The SMILES string of the molecule is CC(CCc1ccc(O)cc1)NC(=O)c1ncccc1Br. The highest BCUT2D eigenvalue weighted by Gasteiger charge is 2.13. The third kappa shape index (κ3) is 4.56. The predicted molar refractivity (Wildman–Crippen MR) is 85.3 cm³/mol. The first-order chi connectivity index (χ1) is 10.1. The molecule has 2 N–H and O–H groups in total. The zero-order chi connectivity index (χ0) is 15.2. The van der Waals surface area contributed by atoms with E-state index in [1.165, 1.54) is 0 Å². The average molecular weight is 349 g/mol. The summed E-state index contributed by atoms with van der Waals surface area (Å²) >= 11 is 3.32. The number of aromatic nitrogens is 1. The van der Waals surface area contributed by atoms with E-state index in [1.807, 2.05) is 19.1 Å². The Bertz CT molecular complexity index is 614. The Morgan fingerprint density at radius 2 is 2.05 bits per heavy atom. The molecule has 0 bridgehead atoms. The second-order valence-electron chi connectivity index (χ2n) is 4.91. The van der Waals surface area contributed by atoms with E-state index in [2.05, 4.69) is 26.2 Å². The van der Waals surface area contributed by atoms with Gasteiger partial charge in [-0.1, -0.05) is 12.1 Å². The minimum Gasteiger partial charge on any atom is -0.508 e. The number of aryl methyl sites for hydroxylation is 1. The molecule has 0 saturated heterocycles. The summed E-state index contributed by atoms with van der Waals surface area (Å²) in [5, 5.41) is 12.2. The molecule has 21 heavy (non-hydrogen) atoms. The summed E-state index contributed by atoms with van der Waals surface area (Å²) in [5.74, 6) is 0.0841. The fraction of sp³-hybridized carbons (Fsp3) is 0.250. The van der Waals surface area contributed by atoms with Crippen molar-refractivity contribution in [1.29, 1.82) is 0 Å². The summed E-state index contributed by atoms with van der Waals surface area (Å²) in [4.78, 5) is 16.2. The minimum atomic E-state index is -0.180. The molecule has 1 aromatic heterocycles. The quantitative estimate of drug-likeness (QED) is 0.871. The Hall–Kier alpha value is -1.88. The summed E-state index contributed by atoms with van der Waals surface area (Å²) < 4.78 is 0.688. The molecule has 5 heteroatoms. The van der Waals surface area contributed by atoms with Crippen molar-refractivity contribution in [3.63, 3.8) is 0 Å². The third-order valence-corrected chi connectivity index (χ3v) is 3.79. The minimum absolute atomic E-state index is 0.0419. The maximum absolute atomic E-state index is 12.1.